The lowest BCUT2D eigenvalue weighted by Crippen LogP contribution is -2.33. The molecule has 1 saturated heterocycles. The van der Waals surface area contributed by atoms with Crippen molar-refractivity contribution >= 4 is 93.0 Å². The van der Waals surface area contributed by atoms with Gasteiger partial charge in [0.05, 0.1) is 38.8 Å². The number of hydrogen-bond acceptors (Lipinski definition) is 8. The molecule has 4 aromatic rings. The minimum absolute atomic E-state index is 0.200. The molecule has 3 aromatic carbocycles. The maximum absolute atomic E-state index is 14.1. The number of nitrogens with one attached hydrogen (secondary N) is 1. The number of esters is 1. The highest BCUT2D eigenvalue weighted by atomic mass is 35.5. The van der Waals surface area contributed by atoms with E-state index >= 15 is 0 Å². The Balaban J connectivity index is 1.39. The number of amides is 3. The van der Waals surface area contributed by atoms with E-state index in [-0.39, 0.29) is 34.4 Å². The van der Waals surface area contributed by atoms with E-state index in [0.717, 1.165) is 28.0 Å². The second-order valence-corrected chi connectivity index (χ2v) is 13.5. The lowest BCUT2D eigenvalue weighted by Gasteiger charge is -2.31. The van der Waals surface area contributed by atoms with Crippen LogP contribution >= 0.6 is 57.9 Å². The number of carbonyl (C=O) groups excluding carboxylic acids is 4. The molecule has 14 heteroatoms. The SMILES string of the molecule is CCOC(=O)c1ccc(N2C(=O)[C@H]3[C@H](c4cccc(Cl)c4Cl)c4sc(=O)n(CC(=O)Nc5ccc(Cl)cc5)c4S[C@H]3C2=O)cc1. The molecule has 0 aliphatic carbocycles. The van der Waals surface area contributed by atoms with Crippen LogP contribution in [0.2, 0.25) is 15.1 Å². The summed E-state index contributed by atoms with van der Waals surface area (Å²) in [6, 6.07) is 17.5. The lowest BCUT2D eigenvalue weighted by molar-refractivity contribution is -0.122. The number of anilines is 2. The largest absolute Gasteiger partial charge is 0.462 e. The van der Waals surface area contributed by atoms with Gasteiger partial charge in [-0.15, -0.1) is 0 Å². The van der Waals surface area contributed by atoms with E-state index in [1.54, 1.807) is 49.4 Å². The molecule has 0 unspecified atom stereocenters. The van der Waals surface area contributed by atoms with Crippen molar-refractivity contribution in [1.29, 1.82) is 0 Å². The third-order valence-electron chi connectivity index (χ3n) is 7.43. The average molecular weight is 703 g/mol. The van der Waals surface area contributed by atoms with Crippen molar-refractivity contribution in [1.82, 2.24) is 4.57 Å². The first-order valence-corrected chi connectivity index (χ1v) is 16.5. The van der Waals surface area contributed by atoms with Crippen molar-refractivity contribution in [3.05, 3.63) is 107 Å². The van der Waals surface area contributed by atoms with E-state index in [1.807, 2.05) is 0 Å². The fraction of sp³-hybridized carbons (Fsp3) is 0.194. The van der Waals surface area contributed by atoms with Crippen molar-refractivity contribution in [3.8, 4) is 0 Å². The highest BCUT2D eigenvalue weighted by Crippen LogP contribution is 2.55. The Kier molecular flexibility index (Phi) is 8.82. The van der Waals surface area contributed by atoms with E-state index in [1.165, 1.54) is 28.8 Å². The molecule has 0 radical (unpaired) electrons. The summed E-state index contributed by atoms with van der Waals surface area (Å²) in [5.41, 5.74) is 1.55. The Morgan fingerprint density at radius 2 is 1.64 bits per heavy atom. The van der Waals surface area contributed by atoms with Gasteiger partial charge in [0.15, 0.2) is 0 Å². The fourth-order valence-corrected chi connectivity index (χ4v) is 8.76. The molecule has 0 bridgehead atoms. The summed E-state index contributed by atoms with van der Waals surface area (Å²) in [5.74, 6) is -3.69. The van der Waals surface area contributed by atoms with Crippen LogP contribution in [0.25, 0.3) is 0 Å². The molecule has 230 valence electrons. The Bertz CT molecular complexity index is 1910. The van der Waals surface area contributed by atoms with Gasteiger partial charge in [-0.2, -0.15) is 0 Å². The molecule has 0 saturated carbocycles. The summed E-state index contributed by atoms with van der Waals surface area (Å²) in [4.78, 5) is 67.9. The number of thiazole rings is 1. The summed E-state index contributed by atoms with van der Waals surface area (Å²) >= 11 is 21.0. The smallest absolute Gasteiger partial charge is 0.338 e. The molecule has 2 aliphatic rings. The quantitative estimate of drug-likeness (QED) is 0.173. The number of aromatic nitrogens is 1. The number of halogens is 3. The maximum Gasteiger partial charge on any atom is 0.338 e. The molecular weight excluding hydrogens is 681 g/mol. The van der Waals surface area contributed by atoms with Crippen LogP contribution in [-0.2, 0) is 25.7 Å². The second kappa shape index (κ2) is 12.6. The molecule has 3 heterocycles. The molecule has 0 spiro atoms. The lowest BCUT2D eigenvalue weighted by atomic mass is 9.83. The van der Waals surface area contributed by atoms with Crippen LogP contribution in [-0.4, -0.2) is 40.1 Å². The van der Waals surface area contributed by atoms with E-state index in [2.05, 4.69) is 5.32 Å². The molecule has 3 atom stereocenters. The molecule has 1 N–H and O–H groups in total. The highest BCUT2D eigenvalue weighted by molar-refractivity contribution is 8.00. The van der Waals surface area contributed by atoms with Gasteiger partial charge in [-0.05, 0) is 67.1 Å². The van der Waals surface area contributed by atoms with Crippen LogP contribution in [0.15, 0.2) is 76.6 Å². The van der Waals surface area contributed by atoms with Crippen molar-refractivity contribution in [3.63, 3.8) is 0 Å². The van der Waals surface area contributed by atoms with E-state index in [4.69, 9.17) is 39.5 Å². The number of ether oxygens (including phenoxy) is 1. The monoisotopic (exact) mass is 701 g/mol. The predicted octanol–water partition coefficient (Wildman–Crippen LogP) is 6.48. The molecule has 45 heavy (non-hydrogen) atoms. The number of thioether (sulfide) groups is 1. The molecule has 1 aromatic heterocycles. The Morgan fingerprint density at radius 1 is 0.933 bits per heavy atom. The standard InChI is InChI=1S/C31H22Cl3N3O6S2/c1-2-43-30(41)15-6-12-18(13-7-15)37-27(39)23-22(19-4-3-5-20(33)24(19)34)26-29(44-25(23)28(37)40)36(31(42)45-26)14-21(38)35-17-10-8-16(32)9-11-17/h3-13,22-23,25H,2,14H2,1H3,(H,35,38)/t22-,23-,25+/m0/s1. The normalized spacial score (nSPS) is 18.8. The van der Waals surface area contributed by atoms with Crippen molar-refractivity contribution in [2.24, 2.45) is 5.92 Å². The minimum Gasteiger partial charge on any atom is -0.462 e. The van der Waals surface area contributed by atoms with Crippen LogP contribution in [0.3, 0.4) is 0 Å². The van der Waals surface area contributed by atoms with Gasteiger partial charge in [0, 0.05) is 21.5 Å². The fourth-order valence-electron chi connectivity index (χ4n) is 5.44. The van der Waals surface area contributed by atoms with Crippen molar-refractivity contribution in [2.75, 3.05) is 16.8 Å². The third kappa shape index (κ3) is 5.79. The molecule has 3 amide bonds. The zero-order valence-electron chi connectivity index (χ0n) is 23.3. The van der Waals surface area contributed by atoms with Crippen LogP contribution in [0.1, 0.15) is 33.6 Å². The van der Waals surface area contributed by atoms with Gasteiger partial charge in [0.25, 0.3) is 0 Å². The summed E-state index contributed by atoms with van der Waals surface area (Å²) in [5, 5.41) is 3.18. The summed E-state index contributed by atoms with van der Waals surface area (Å²) in [7, 11) is 0. The molecule has 1 fully saturated rings. The summed E-state index contributed by atoms with van der Waals surface area (Å²) < 4.78 is 6.35. The predicted molar refractivity (Wildman–Crippen MR) is 175 cm³/mol. The summed E-state index contributed by atoms with van der Waals surface area (Å²) in [6.07, 6.45) is 0. The van der Waals surface area contributed by atoms with Crippen LogP contribution in [0.5, 0.6) is 0 Å². The molecular formula is C31H22Cl3N3O6S2. The number of carbonyl (C=O) groups is 4. The Morgan fingerprint density at radius 3 is 2.33 bits per heavy atom. The zero-order valence-corrected chi connectivity index (χ0v) is 27.2. The second-order valence-electron chi connectivity index (χ2n) is 10.1. The van der Waals surface area contributed by atoms with Gasteiger partial charge in [0.2, 0.25) is 17.7 Å². The number of rotatable bonds is 7. The average Bonchev–Trinajstić information content (AvgIpc) is 3.46. The molecule has 6 rings (SSSR count). The first-order chi connectivity index (χ1) is 21.6. The van der Waals surface area contributed by atoms with E-state index < -0.39 is 45.6 Å². The van der Waals surface area contributed by atoms with Crippen LogP contribution in [0, 0.1) is 5.92 Å². The number of nitrogens with zero attached hydrogens (tertiary/aromatic N) is 2. The third-order valence-corrected chi connectivity index (χ3v) is 11.1. The molecule has 2 aliphatic heterocycles. The zero-order chi connectivity index (χ0) is 32.0. The van der Waals surface area contributed by atoms with Crippen LogP contribution < -0.4 is 15.1 Å². The number of hydrogen-bond donors (Lipinski definition) is 1. The number of benzene rings is 3. The highest BCUT2D eigenvalue weighted by Gasteiger charge is 2.57. The van der Waals surface area contributed by atoms with E-state index in [0.29, 0.717) is 26.2 Å². The van der Waals surface area contributed by atoms with Gasteiger partial charge in [-0.3, -0.25) is 23.7 Å². The van der Waals surface area contributed by atoms with Crippen LogP contribution in [0.4, 0.5) is 11.4 Å². The number of imide groups is 1. The van der Waals surface area contributed by atoms with E-state index in [9.17, 15) is 24.0 Å². The van der Waals surface area contributed by atoms with Gasteiger partial charge in [-0.1, -0.05) is 70.0 Å². The topological polar surface area (TPSA) is 115 Å². The first-order valence-electron chi connectivity index (χ1n) is 13.6. The Hall–Kier alpha value is -3.61. The summed E-state index contributed by atoms with van der Waals surface area (Å²) in [6.45, 7) is 1.57. The van der Waals surface area contributed by atoms with Crippen molar-refractivity contribution < 1.29 is 23.9 Å². The minimum atomic E-state index is -0.936. The maximum atomic E-state index is 14.1. The van der Waals surface area contributed by atoms with Gasteiger partial charge < -0.3 is 10.1 Å². The van der Waals surface area contributed by atoms with Gasteiger partial charge in [0.1, 0.15) is 11.8 Å². The molecule has 9 nitrogen and oxygen atoms in total. The van der Waals surface area contributed by atoms with Crippen molar-refractivity contribution in [2.45, 2.75) is 29.7 Å². The van der Waals surface area contributed by atoms with Gasteiger partial charge >= 0.3 is 10.8 Å². The van der Waals surface area contributed by atoms with Gasteiger partial charge in [-0.25, -0.2) is 9.69 Å². The Labute approximate surface area is 280 Å². The number of fused-ring (bicyclic) bond motifs is 2. The first kappa shape index (κ1) is 31.4.